The molecule has 0 fully saturated rings. The second kappa shape index (κ2) is 6.82. The summed E-state index contributed by atoms with van der Waals surface area (Å²) in [5.74, 6) is 0. The van der Waals surface area contributed by atoms with Gasteiger partial charge in [0.25, 0.3) is 0 Å². The molecule has 2 amide bonds. The molecule has 2 aromatic rings. The summed E-state index contributed by atoms with van der Waals surface area (Å²) in [7, 11) is 0. The first-order chi connectivity index (χ1) is 10.1. The van der Waals surface area contributed by atoms with Gasteiger partial charge < -0.3 is 10.6 Å². The van der Waals surface area contributed by atoms with Crippen LogP contribution in [0.2, 0.25) is 0 Å². The lowest BCUT2D eigenvalue weighted by molar-refractivity contribution is 0.262. The minimum Gasteiger partial charge on any atom is -0.308 e. The predicted molar refractivity (Wildman–Crippen MR) is 86.5 cm³/mol. The molecule has 0 saturated carbocycles. The molecule has 0 unspecified atom stereocenters. The number of hydrogen-bond donors (Lipinski definition) is 2. The summed E-state index contributed by atoms with van der Waals surface area (Å²) in [5.41, 5.74) is 3.36. The molecule has 5 heteroatoms. The Kier molecular flexibility index (Phi) is 4.85. The zero-order chi connectivity index (χ0) is 15.2. The lowest BCUT2D eigenvalue weighted by Gasteiger charge is -2.13. The molecular formula is C16H15N3OS. The summed E-state index contributed by atoms with van der Waals surface area (Å²) in [6.07, 6.45) is 0. The largest absolute Gasteiger partial charge is 0.323 e. The maximum atomic E-state index is 12.0. The number of carbonyl (C=O) groups excluding carboxylic acids is 1. The molecule has 0 radical (unpaired) electrons. The second-order valence-corrected chi connectivity index (χ2v) is 5.43. The number of hydrogen-bond acceptors (Lipinski definition) is 3. The number of thiocyanates is 1. The molecule has 2 aromatic carbocycles. The number of benzene rings is 2. The van der Waals surface area contributed by atoms with Crippen LogP contribution in [0.3, 0.4) is 0 Å². The number of para-hydroxylation sites is 1. The minimum atomic E-state index is -0.284. The van der Waals surface area contributed by atoms with Gasteiger partial charge in [-0.1, -0.05) is 18.2 Å². The number of nitrogens with one attached hydrogen (secondary N) is 2. The third kappa shape index (κ3) is 4.01. The average molecular weight is 297 g/mol. The van der Waals surface area contributed by atoms with E-state index in [1.165, 1.54) is 0 Å². The summed E-state index contributed by atoms with van der Waals surface area (Å²) >= 11 is 1.11. The van der Waals surface area contributed by atoms with Crippen LogP contribution >= 0.6 is 11.8 Å². The number of urea groups is 1. The summed E-state index contributed by atoms with van der Waals surface area (Å²) in [6, 6.07) is 12.8. The van der Waals surface area contributed by atoms with E-state index in [4.69, 9.17) is 5.26 Å². The summed E-state index contributed by atoms with van der Waals surface area (Å²) in [5, 5.41) is 16.4. The van der Waals surface area contributed by atoms with E-state index in [1.807, 2.05) is 61.7 Å². The number of thioether (sulfide) groups is 1. The van der Waals surface area contributed by atoms with E-state index in [0.717, 1.165) is 39.2 Å². The number of carbonyl (C=O) groups is 1. The van der Waals surface area contributed by atoms with E-state index in [-0.39, 0.29) is 6.03 Å². The molecule has 0 spiro atoms. The highest BCUT2D eigenvalue weighted by Gasteiger charge is 2.09. The smallest absolute Gasteiger partial charge is 0.308 e. The molecule has 0 aliphatic carbocycles. The molecule has 0 heterocycles. The average Bonchev–Trinajstić information content (AvgIpc) is 2.44. The fraction of sp³-hybridized carbons (Fsp3) is 0.125. The third-order valence-corrected chi connectivity index (χ3v) is 3.50. The molecule has 0 bridgehead atoms. The molecule has 0 atom stereocenters. The van der Waals surface area contributed by atoms with Gasteiger partial charge in [-0.15, -0.1) is 0 Å². The van der Waals surface area contributed by atoms with Crippen molar-refractivity contribution in [2.24, 2.45) is 0 Å². The zero-order valence-electron chi connectivity index (χ0n) is 11.8. The van der Waals surface area contributed by atoms with E-state index in [9.17, 15) is 4.79 Å². The van der Waals surface area contributed by atoms with Crippen molar-refractivity contribution in [2.75, 3.05) is 10.6 Å². The number of amides is 2. The molecule has 106 valence electrons. The van der Waals surface area contributed by atoms with Gasteiger partial charge in [0.1, 0.15) is 5.40 Å². The number of rotatable bonds is 3. The number of nitrogens with zero attached hydrogens (tertiary/aromatic N) is 1. The van der Waals surface area contributed by atoms with Gasteiger partial charge in [-0.05, 0) is 61.0 Å². The molecule has 0 aliphatic rings. The van der Waals surface area contributed by atoms with Crippen LogP contribution in [0, 0.1) is 24.5 Å². The molecule has 21 heavy (non-hydrogen) atoms. The van der Waals surface area contributed by atoms with Gasteiger partial charge >= 0.3 is 6.03 Å². The van der Waals surface area contributed by atoms with Crippen molar-refractivity contribution in [3.05, 3.63) is 53.6 Å². The van der Waals surface area contributed by atoms with Crippen molar-refractivity contribution in [1.82, 2.24) is 0 Å². The topological polar surface area (TPSA) is 64.9 Å². The Morgan fingerprint density at radius 2 is 1.71 bits per heavy atom. The van der Waals surface area contributed by atoms with E-state index in [1.54, 1.807) is 0 Å². The first kappa shape index (κ1) is 14.9. The summed E-state index contributed by atoms with van der Waals surface area (Å²) in [4.78, 5) is 12.9. The van der Waals surface area contributed by atoms with Crippen LogP contribution in [-0.2, 0) is 0 Å². The van der Waals surface area contributed by atoms with Gasteiger partial charge in [0, 0.05) is 16.3 Å². The van der Waals surface area contributed by atoms with Crippen molar-refractivity contribution < 1.29 is 4.79 Å². The monoisotopic (exact) mass is 297 g/mol. The first-order valence-electron chi connectivity index (χ1n) is 6.40. The Labute approximate surface area is 128 Å². The predicted octanol–water partition coefficient (Wildman–Crippen LogP) is 4.52. The van der Waals surface area contributed by atoms with Crippen LogP contribution in [0.1, 0.15) is 11.1 Å². The molecule has 4 nitrogen and oxygen atoms in total. The standard InChI is InChI=1S/C16H15N3OS/c1-11-8-14(21-10-17)9-12(2)15(11)19-16(20)18-13-6-4-3-5-7-13/h3-9H,1-2H3,(H2,18,19,20). The van der Waals surface area contributed by atoms with Crippen molar-refractivity contribution >= 4 is 29.2 Å². The molecule has 2 N–H and O–H groups in total. The maximum Gasteiger partial charge on any atom is 0.323 e. The van der Waals surface area contributed by atoms with Crippen LogP contribution in [0.15, 0.2) is 47.4 Å². The highest BCUT2D eigenvalue weighted by Crippen LogP contribution is 2.27. The Morgan fingerprint density at radius 3 is 2.29 bits per heavy atom. The second-order valence-electron chi connectivity index (χ2n) is 4.57. The lowest BCUT2D eigenvalue weighted by Crippen LogP contribution is -2.20. The zero-order valence-corrected chi connectivity index (χ0v) is 12.6. The number of aryl methyl sites for hydroxylation is 2. The van der Waals surface area contributed by atoms with Gasteiger partial charge in [0.2, 0.25) is 0 Å². The molecule has 0 saturated heterocycles. The summed E-state index contributed by atoms with van der Waals surface area (Å²) < 4.78 is 0. The van der Waals surface area contributed by atoms with Crippen molar-refractivity contribution in [2.45, 2.75) is 18.7 Å². The van der Waals surface area contributed by atoms with E-state index < -0.39 is 0 Å². The molecule has 0 aliphatic heterocycles. The fourth-order valence-corrected chi connectivity index (χ4v) is 2.61. The summed E-state index contributed by atoms with van der Waals surface area (Å²) in [6.45, 7) is 3.82. The quantitative estimate of drug-likeness (QED) is 0.646. The number of nitriles is 1. The fourth-order valence-electron chi connectivity index (χ4n) is 2.03. The molecule has 0 aromatic heterocycles. The van der Waals surface area contributed by atoms with Crippen LogP contribution in [0.4, 0.5) is 16.2 Å². The lowest BCUT2D eigenvalue weighted by atomic mass is 10.1. The SMILES string of the molecule is Cc1cc(SC#N)cc(C)c1NC(=O)Nc1ccccc1. The van der Waals surface area contributed by atoms with Crippen LogP contribution in [0.5, 0.6) is 0 Å². The van der Waals surface area contributed by atoms with Gasteiger partial charge in [-0.25, -0.2) is 4.79 Å². The van der Waals surface area contributed by atoms with Crippen LogP contribution in [-0.4, -0.2) is 6.03 Å². The molecular weight excluding hydrogens is 282 g/mol. The highest BCUT2D eigenvalue weighted by molar-refractivity contribution is 8.03. The van der Waals surface area contributed by atoms with E-state index in [0.29, 0.717) is 0 Å². The molecule has 2 rings (SSSR count). The number of anilines is 2. The Hall–Kier alpha value is -2.45. The third-order valence-electron chi connectivity index (χ3n) is 2.94. The van der Waals surface area contributed by atoms with Gasteiger partial charge in [0.15, 0.2) is 0 Å². The van der Waals surface area contributed by atoms with Gasteiger partial charge in [-0.2, -0.15) is 5.26 Å². The highest BCUT2D eigenvalue weighted by atomic mass is 32.2. The van der Waals surface area contributed by atoms with Crippen LogP contribution in [0.25, 0.3) is 0 Å². The van der Waals surface area contributed by atoms with E-state index in [2.05, 4.69) is 10.6 Å². The van der Waals surface area contributed by atoms with Crippen molar-refractivity contribution in [3.8, 4) is 5.40 Å². The van der Waals surface area contributed by atoms with Crippen LogP contribution < -0.4 is 10.6 Å². The van der Waals surface area contributed by atoms with Crippen molar-refractivity contribution in [3.63, 3.8) is 0 Å². The Bertz CT molecular complexity index is 669. The van der Waals surface area contributed by atoms with Crippen molar-refractivity contribution in [1.29, 1.82) is 5.26 Å². The Balaban J connectivity index is 2.13. The van der Waals surface area contributed by atoms with Gasteiger partial charge in [-0.3, -0.25) is 0 Å². The first-order valence-corrected chi connectivity index (χ1v) is 7.22. The minimum absolute atomic E-state index is 0.284. The normalized spacial score (nSPS) is 9.76. The van der Waals surface area contributed by atoms with Gasteiger partial charge in [0.05, 0.1) is 0 Å². The Morgan fingerprint density at radius 1 is 1.10 bits per heavy atom. The maximum absolute atomic E-state index is 12.0. The van der Waals surface area contributed by atoms with E-state index >= 15 is 0 Å².